The van der Waals surface area contributed by atoms with Crippen molar-refractivity contribution in [1.82, 2.24) is 14.5 Å². The van der Waals surface area contributed by atoms with Gasteiger partial charge in [-0.15, -0.1) is 0 Å². The summed E-state index contributed by atoms with van der Waals surface area (Å²) in [6.07, 6.45) is 9.78. The molecule has 0 radical (unpaired) electrons. The van der Waals surface area contributed by atoms with Gasteiger partial charge in [-0.3, -0.25) is 0 Å². The molecule has 0 spiro atoms. The molecule has 11 rings (SSSR count). The predicted octanol–water partition coefficient (Wildman–Crippen LogP) is 13.7. The topological polar surface area (TPSA) is 43.9 Å². The molecule has 0 aliphatic heterocycles. The van der Waals surface area contributed by atoms with Gasteiger partial charge in [0.2, 0.25) is 0 Å². The van der Waals surface area contributed by atoms with E-state index in [9.17, 15) is 0 Å². The van der Waals surface area contributed by atoms with Crippen LogP contribution in [-0.2, 0) is 0 Å². The molecule has 0 saturated heterocycles. The Morgan fingerprint density at radius 1 is 0.518 bits per heavy atom. The van der Waals surface area contributed by atoms with Crippen LogP contribution in [0.4, 0.5) is 0 Å². The van der Waals surface area contributed by atoms with E-state index in [0.717, 1.165) is 89.5 Å². The molecule has 0 fully saturated rings. The van der Waals surface area contributed by atoms with Gasteiger partial charge in [-0.1, -0.05) is 152 Å². The van der Waals surface area contributed by atoms with Crippen LogP contribution < -0.4 is 0 Å². The normalized spacial score (nSPS) is 14.0. The maximum Gasteiger partial charge on any atom is 0.161 e. The Morgan fingerprint density at radius 2 is 1.20 bits per heavy atom. The van der Waals surface area contributed by atoms with E-state index in [1.165, 1.54) is 11.1 Å². The van der Waals surface area contributed by atoms with Crippen LogP contribution in [-0.4, -0.2) is 14.5 Å². The largest absolute Gasteiger partial charge is 0.454 e. The quantitative estimate of drug-likeness (QED) is 0.172. The zero-order valence-corrected chi connectivity index (χ0v) is 30.5. The van der Waals surface area contributed by atoms with Gasteiger partial charge in [0, 0.05) is 44.2 Å². The number of hydrogen-bond acceptors (Lipinski definition) is 3. The van der Waals surface area contributed by atoms with Crippen molar-refractivity contribution in [2.75, 3.05) is 0 Å². The molecule has 3 aromatic heterocycles. The Bertz CT molecular complexity index is 3180. The van der Waals surface area contributed by atoms with E-state index in [2.05, 4.69) is 187 Å². The van der Waals surface area contributed by atoms with E-state index < -0.39 is 0 Å². The van der Waals surface area contributed by atoms with Crippen molar-refractivity contribution in [3.8, 4) is 50.7 Å². The summed E-state index contributed by atoms with van der Waals surface area (Å²) >= 11 is 0. The fraction of sp³-hybridized carbons (Fsp3) is 0.0385. The molecule has 1 unspecified atom stereocenters. The Labute approximate surface area is 324 Å². The monoisotopic (exact) mass is 717 g/mol. The van der Waals surface area contributed by atoms with Crippen LogP contribution in [0.2, 0.25) is 0 Å². The van der Waals surface area contributed by atoms with E-state index in [-0.39, 0.29) is 0 Å². The predicted molar refractivity (Wildman–Crippen MR) is 231 cm³/mol. The number of para-hydroxylation sites is 3. The molecule has 264 valence electrons. The van der Waals surface area contributed by atoms with Gasteiger partial charge < -0.3 is 8.98 Å². The molecule has 10 aromatic rings. The smallest absolute Gasteiger partial charge is 0.161 e. The number of rotatable bonds is 6. The standard InChI is InChI=1S/C52H35N3O/c1-3-15-34(16-4-1)36-19-11-21-38(31-36)44-33-45(39-22-12-20-37(32-39)35-17-5-2-6-18-35)54-52(53-44)43-26-14-28-47-50(43)42-24-7-9-27-46(42)55(47)48-29-13-25-41-40-23-8-10-30-49(40)56-51(41)48/h1-17,19-33,35H,18H2. The number of aromatic nitrogens is 3. The van der Waals surface area contributed by atoms with Crippen molar-refractivity contribution < 1.29 is 4.42 Å². The summed E-state index contributed by atoms with van der Waals surface area (Å²) in [6.45, 7) is 0. The van der Waals surface area contributed by atoms with Crippen LogP contribution >= 0.6 is 0 Å². The molecule has 7 aromatic carbocycles. The second-order valence-corrected chi connectivity index (χ2v) is 14.5. The van der Waals surface area contributed by atoms with Crippen LogP contribution in [0.25, 0.3) is 94.5 Å². The SMILES string of the molecule is C1=CCC(c2cccc(-c3cc(-c4cccc(-c5ccccc5)c4)nc(-c4cccc5c4c4ccccc4n5-c4cccc5c4oc4ccccc45)n3)c2)C=C1. The first-order valence-electron chi connectivity index (χ1n) is 19.2. The van der Waals surface area contributed by atoms with Crippen molar-refractivity contribution in [1.29, 1.82) is 0 Å². The lowest BCUT2D eigenvalue weighted by Crippen LogP contribution is -1.99. The zero-order valence-electron chi connectivity index (χ0n) is 30.5. The average molecular weight is 718 g/mol. The molecule has 0 N–H and O–H groups in total. The van der Waals surface area contributed by atoms with Crippen molar-refractivity contribution in [3.63, 3.8) is 0 Å². The second kappa shape index (κ2) is 13.2. The van der Waals surface area contributed by atoms with Gasteiger partial charge in [0.25, 0.3) is 0 Å². The van der Waals surface area contributed by atoms with Crippen LogP contribution in [0, 0.1) is 0 Å². The highest BCUT2D eigenvalue weighted by atomic mass is 16.3. The number of nitrogens with zero attached hydrogens (tertiary/aromatic N) is 3. The van der Waals surface area contributed by atoms with Gasteiger partial charge in [-0.05, 0) is 65.6 Å². The van der Waals surface area contributed by atoms with E-state index in [1.807, 2.05) is 12.1 Å². The first kappa shape index (κ1) is 32.2. The highest BCUT2D eigenvalue weighted by molar-refractivity contribution is 6.17. The lowest BCUT2D eigenvalue weighted by molar-refractivity contribution is 0.666. The van der Waals surface area contributed by atoms with E-state index >= 15 is 0 Å². The third kappa shape index (κ3) is 5.38. The van der Waals surface area contributed by atoms with E-state index in [1.54, 1.807) is 0 Å². The van der Waals surface area contributed by atoms with Gasteiger partial charge in [0.15, 0.2) is 11.4 Å². The third-order valence-electron chi connectivity index (χ3n) is 11.1. The minimum absolute atomic E-state index is 0.333. The Morgan fingerprint density at radius 3 is 2.05 bits per heavy atom. The lowest BCUT2D eigenvalue weighted by atomic mass is 9.91. The average Bonchev–Trinajstić information content (AvgIpc) is 3.83. The number of benzene rings is 7. The fourth-order valence-electron chi connectivity index (χ4n) is 8.48. The Balaban J connectivity index is 1.15. The van der Waals surface area contributed by atoms with Crippen LogP contribution in [0.5, 0.6) is 0 Å². The second-order valence-electron chi connectivity index (χ2n) is 14.5. The number of fused-ring (bicyclic) bond motifs is 6. The highest BCUT2D eigenvalue weighted by Gasteiger charge is 2.22. The number of allylic oxidation sites excluding steroid dienone is 4. The summed E-state index contributed by atoms with van der Waals surface area (Å²) in [7, 11) is 0. The molecular weight excluding hydrogens is 683 g/mol. The lowest BCUT2D eigenvalue weighted by Gasteiger charge is -2.15. The molecule has 1 atom stereocenters. The summed E-state index contributed by atoms with van der Waals surface area (Å²) in [6, 6.07) is 60.0. The van der Waals surface area contributed by atoms with Crippen molar-refractivity contribution in [3.05, 3.63) is 200 Å². The van der Waals surface area contributed by atoms with Gasteiger partial charge in [0.1, 0.15) is 5.58 Å². The van der Waals surface area contributed by atoms with Gasteiger partial charge in [-0.25, -0.2) is 9.97 Å². The van der Waals surface area contributed by atoms with Crippen LogP contribution in [0.1, 0.15) is 17.9 Å². The minimum Gasteiger partial charge on any atom is -0.454 e. The molecule has 1 aliphatic carbocycles. The van der Waals surface area contributed by atoms with Gasteiger partial charge >= 0.3 is 0 Å². The maximum absolute atomic E-state index is 6.59. The van der Waals surface area contributed by atoms with Crippen molar-refractivity contribution in [2.45, 2.75) is 12.3 Å². The summed E-state index contributed by atoms with van der Waals surface area (Å²) < 4.78 is 8.93. The minimum atomic E-state index is 0.333. The van der Waals surface area contributed by atoms with E-state index in [4.69, 9.17) is 14.4 Å². The van der Waals surface area contributed by atoms with Crippen LogP contribution in [0.15, 0.2) is 199 Å². The molecule has 3 heterocycles. The Kier molecular flexibility index (Phi) is 7.59. The van der Waals surface area contributed by atoms with Crippen molar-refractivity contribution >= 4 is 43.7 Å². The number of furan rings is 1. The number of hydrogen-bond donors (Lipinski definition) is 0. The van der Waals surface area contributed by atoms with E-state index in [0.29, 0.717) is 11.7 Å². The molecule has 0 amide bonds. The van der Waals surface area contributed by atoms with Gasteiger partial charge in [0.05, 0.1) is 28.1 Å². The fourth-order valence-corrected chi connectivity index (χ4v) is 8.48. The molecule has 4 heteroatoms. The summed E-state index contributed by atoms with van der Waals surface area (Å²) in [5.74, 6) is 1.02. The highest BCUT2D eigenvalue weighted by Crippen LogP contribution is 2.42. The third-order valence-corrected chi connectivity index (χ3v) is 11.1. The zero-order chi connectivity index (χ0) is 37.0. The van der Waals surface area contributed by atoms with Gasteiger partial charge in [-0.2, -0.15) is 0 Å². The van der Waals surface area contributed by atoms with Crippen molar-refractivity contribution in [2.24, 2.45) is 0 Å². The molecule has 0 saturated carbocycles. The summed E-state index contributed by atoms with van der Waals surface area (Å²) in [5.41, 5.74) is 13.4. The maximum atomic E-state index is 6.59. The Hall–Kier alpha value is -7.30. The molecule has 56 heavy (non-hydrogen) atoms. The summed E-state index contributed by atoms with van der Waals surface area (Å²) in [4.78, 5) is 10.8. The first-order valence-corrected chi connectivity index (χ1v) is 19.2. The summed E-state index contributed by atoms with van der Waals surface area (Å²) in [5, 5.41) is 4.44. The molecule has 4 nitrogen and oxygen atoms in total. The van der Waals surface area contributed by atoms with Crippen LogP contribution in [0.3, 0.4) is 0 Å². The molecular formula is C52H35N3O. The molecule has 0 bridgehead atoms. The molecule has 1 aliphatic rings. The first-order chi connectivity index (χ1) is 27.8.